The van der Waals surface area contributed by atoms with E-state index >= 15 is 0 Å². The van der Waals surface area contributed by atoms with Gasteiger partial charge in [0.2, 0.25) is 0 Å². The van der Waals surface area contributed by atoms with Crippen LogP contribution in [0.3, 0.4) is 0 Å². The van der Waals surface area contributed by atoms with Crippen LogP contribution in [-0.2, 0) is 0 Å². The highest BCUT2D eigenvalue weighted by atomic mass is 16.3. The third-order valence-electron chi connectivity index (χ3n) is 5.02. The highest BCUT2D eigenvalue weighted by molar-refractivity contribution is 6.06. The third kappa shape index (κ3) is 2.95. The summed E-state index contributed by atoms with van der Waals surface area (Å²) in [4.78, 5) is 17.5. The Morgan fingerprint density at radius 2 is 1.91 bits per heavy atom. The Balaban J connectivity index is 1.67. The number of hydrogen-bond acceptors (Lipinski definition) is 3. The average molecular weight is 310 g/mol. The van der Waals surface area contributed by atoms with Gasteiger partial charge in [-0.15, -0.1) is 0 Å². The summed E-state index contributed by atoms with van der Waals surface area (Å²) in [5, 5.41) is 14.0. The van der Waals surface area contributed by atoms with E-state index < -0.39 is 6.10 Å². The zero-order valence-corrected chi connectivity index (χ0v) is 13.2. The van der Waals surface area contributed by atoms with E-state index in [1.165, 1.54) is 0 Å². The zero-order valence-electron chi connectivity index (χ0n) is 13.2. The first-order valence-electron chi connectivity index (χ1n) is 8.61. The lowest BCUT2D eigenvalue weighted by Gasteiger charge is -2.28. The molecular formula is C19H22N2O2. The number of aromatic nitrogens is 1. The second-order valence-electron chi connectivity index (χ2n) is 6.82. The van der Waals surface area contributed by atoms with E-state index in [4.69, 9.17) is 4.98 Å². The van der Waals surface area contributed by atoms with Crippen molar-refractivity contribution in [2.45, 2.75) is 56.6 Å². The number of aliphatic hydroxyl groups is 1. The van der Waals surface area contributed by atoms with Crippen LogP contribution >= 0.6 is 0 Å². The number of hydrogen-bond donors (Lipinski definition) is 2. The van der Waals surface area contributed by atoms with Crippen molar-refractivity contribution in [3.63, 3.8) is 0 Å². The maximum absolute atomic E-state index is 12.8. The number of nitrogens with zero attached hydrogens (tertiary/aromatic N) is 1. The van der Waals surface area contributed by atoms with Gasteiger partial charge in [-0.1, -0.05) is 31.0 Å². The molecule has 0 saturated heterocycles. The lowest BCUT2D eigenvalue weighted by atomic mass is 9.92. The fourth-order valence-corrected chi connectivity index (χ4v) is 3.50. The first-order valence-corrected chi connectivity index (χ1v) is 8.61. The summed E-state index contributed by atoms with van der Waals surface area (Å²) in [6.07, 6.45) is 5.62. The second kappa shape index (κ2) is 5.93. The Bertz CT molecular complexity index is 739. The summed E-state index contributed by atoms with van der Waals surface area (Å²) >= 11 is 0. The first kappa shape index (κ1) is 14.6. The molecule has 2 saturated carbocycles. The molecule has 1 heterocycles. The summed E-state index contributed by atoms with van der Waals surface area (Å²) in [5.41, 5.74) is 2.60. The van der Waals surface area contributed by atoms with Crippen LogP contribution in [0.2, 0.25) is 0 Å². The van der Waals surface area contributed by atoms with Gasteiger partial charge in [-0.2, -0.15) is 0 Å². The standard InChI is InChI=1S/C19H22N2O2/c22-18-8-4-3-7-16(18)21-19(23)14-11-17(12-9-10-12)20-15-6-2-1-5-13(14)15/h1-2,5-6,11-12,16,18,22H,3-4,7-10H2,(H,21,23). The minimum Gasteiger partial charge on any atom is -0.391 e. The van der Waals surface area contributed by atoms with Gasteiger partial charge >= 0.3 is 0 Å². The summed E-state index contributed by atoms with van der Waals surface area (Å²) in [5.74, 6) is 0.419. The van der Waals surface area contributed by atoms with Gasteiger partial charge in [0, 0.05) is 17.0 Å². The number of nitrogens with one attached hydrogen (secondary N) is 1. The average Bonchev–Trinajstić information content (AvgIpc) is 3.41. The largest absolute Gasteiger partial charge is 0.391 e. The predicted octanol–water partition coefficient (Wildman–Crippen LogP) is 3.15. The predicted molar refractivity (Wildman–Crippen MR) is 89.4 cm³/mol. The summed E-state index contributed by atoms with van der Waals surface area (Å²) in [6, 6.07) is 9.63. The highest BCUT2D eigenvalue weighted by Gasteiger charge is 2.28. The Hall–Kier alpha value is -1.94. The van der Waals surface area contributed by atoms with Crippen LogP contribution < -0.4 is 5.32 Å². The Kier molecular flexibility index (Phi) is 3.77. The van der Waals surface area contributed by atoms with Crippen LogP contribution in [-0.4, -0.2) is 28.1 Å². The Labute approximate surface area is 135 Å². The number of benzene rings is 1. The van der Waals surface area contributed by atoms with Crippen LogP contribution in [0.4, 0.5) is 0 Å². The fourth-order valence-electron chi connectivity index (χ4n) is 3.50. The number of carbonyl (C=O) groups excluding carboxylic acids is 1. The molecule has 2 fully saturated rings. The molecule has 4 heteroatoms. The van der Waals surface area contributed by atoms with Crippen molar-refractivity contribution in [2.75, 3.05) is 0 Å². The first-order chi connectivity index (χ1) is 11.2. The molecule has 0 radical (unpaired) electrons. The van der Waals surface area contributed by atoms with Gasteiger partial charge in [0.15, 0.2) is 0 Å². The molecule has 0 aliphatic heterocycles. The molecule has 1 aromatic carbocycles. The maximum Gasteiger partial charge on any atom is 0.252 e. The highest BCUT2D eigenvalue weighted by Crippen LogP contribution is 2.40. The van der Waals surface area contributed by atoms with Crippen molar-refractivity contribution in [3.8, 4) is 0 Å². The molecule has 0 bridgehead atoms. The molecule has 1 amide bonds. The monoisotopic (exact) mass is 310 g/mol. The van der Waals surface area contributed by atoms with E-state index in [2.05, 4.69) is 5.32 Å². The van der Waals surface area contributed by atoms with Crippen molar-refractivity contribution in [1.29, 1.82) is 0 Å². The van der Waals surface area contributed by atoms with E-state index in [-0.39, 0.29) is 11.9 Å². The van der Waals surface area contributed by atoms with E-state index in [1.807, 2.05) is 30.3 Å². The van der Waals surface area contributed by atoms with E-state index in [0.29, 0.717) is 11.5 Å². The lowest BCUT2D eigenvalue weighted by Crippen LogP contribution is -2.45. The molecule has 2 N–H and O–H groups in total. The molecule has 0 spiro atoms. The molecule has 23 heavy (non-hydrogen) atoms. The normalized spacial score (nSPS) is 24.6. The number of amides is 1. The quantitative estimate of drug-likeness (QED) is 0.915. The van der Waals surface area contributed by atoms with Crippen molar-refractivity contribution < 1.29 is 9.90 Å². The van der Waals surface area contributed by atoms with Crippen molar-refractivity contribution in [2.24, 2.45) is 0 Å². The number of aliphatic hydroxyl groups excluding tert-OH is 1. The van der Waals surface area contributed by atoms with Crippen molar-refractivity contribution in [1.82, 2.24) is 10.3 Å². The smallest absolute Gasteiger partial charge is 0.252 e. The van der Waals surface area contributed by atoms with Gasteiger partial charge in [0.1, 0.15) is 0 Å². The van der Waals surface area contributed by atoms with E-state index in [1.54, 1.807) is 0 Å². The number of pyridine rings is 1. The van der Waals surface area contributed by atoms with Gasteiger partial charge < -0.3 is 10.4 Å². The molecule has 2 aromatic rings. The topological polar surface area (TPSA) is 62.2 Å². The number of carbonyl (C=O) groups is 1. The fraction of sp³-hybridized carbons (Fsp3) is 0.474. The molecule has 2 aliphatic rings. The van der Waals surface area contributed by atoms with Crippen molar-refractivity contribution in [3.05, 3.63) is 41.6 Å². The molecule has 2 aliphatic carbocycles. The van der Waals surface area contributed by atoms with Gasteiger partial charge in [-0.25, -0.2) is 0 Å². The minimum atomic E-state index is -0.427. The maximum atomic E-state index is 12.8. The summed E-state index contributed by atoms with van der Waals surface area (Å²) in [7, 11) is 0. The lowest BCUT2D eigenvalue weighted by molar-refractivity contribution is 0.0718. The Morgan fingerprint density at radius 3 is 2.70 bits per heavy atom. The van der Waals surface area contributed by atoms with Gasteiger partial charge in [0.25, 0.3) is 5.91 Å². The second-order valence-corrected chi connectivity index (χ2v) is 6.82. The molecule has 1 aromatic heterocycles. The molecule has 2 unspecified atom stereocenters. The molecule has 4 nitrogen and oxygen atoms in total. The van der Waals surface area contributed by atoms with Crippen LogP contribution in [0.25, 0.3) is 10.9 Å². The summed E-state index contributed by atoms with van der Waals surface area (Å²) < 4.78 is 0. The number of fused-ring (bicyclic) bond motifs is 1. The third-order valence-corrected chi connectivity index (χ3v) is 5.02. The van der Waals surface area contributed by atoms with Crippen molar-refractivity contribution >= 4 is 16.8 Å². The Morgan fingerprint density at radius 1 is 1.13 bits per heavy atom. The van der Waals surface area contributed by atoms with E-state index in [0.717, 1.165) is 55.1 Å². The number of rotatable bonds is 3. The van der Waals surface area contributed by atoms with Gasteiger partial charge in [-0.05, 0) is 37.8 Å². The zero-order chi connectivity index (χ0) is 15.8. The molecular weight excluding hydrogens is 288 g/mol. The van der Waals surface area contributed by atoms with Crippen LogP contribution in [0.15, 0.2) is 30.3 Å². The summed E-state index contributed by atoms with van der Waals surface area (Å²) in [6.45, 7) is 0. The van der Waals surface area contributed by atoms with Crippen LogP contribution in [0, 0.1) is 0 Å². The minimum absolute atomic E-state index is 0.0866. The van der Waals surface area contributed by atoms with Gasteiger partial charge in [0.05, 0.1) is 23.2 Å². The molecule has 120 valence electrons. The van der Waals surface area contributed by atoms with Crippen LogP contribution in [0.1, 0.15) is 60.5 Å². The van der Waals surface area contributed by atoms with Crippen LogP contribution in [0.5, 0.6) is 0 Å². The molecule has 4 rings (SSSR count). The van der Waals surface area contributed by atoms with Gasteiger partial charge in [-0.3, -0.25) is 9.78 Å². The SMILES string of the molecule is O=C(NC1CCCCC1O)c1cc(C2CC2)nc2ccccc12. The molecule has 2 atom stereocenters. The van der Waals surface area contributed by atoms with E-state index in [9.17, 15) is 9.90 Å². The number of para-hydroxylation sites is 1.